The first-order valence-electron chi connectivity index (χ1n) is 12.7. The van der Waals surface area contributed by atoms with E-state index in [1.807, 2.05) is 6.07 Å². The Bertz CT molecular complexity index is 1510. The van der Waals surface area contributed by atoms with Crippen molar-refractivity contribution in [3.8, 4) is 17.0 Å². The number of carbonyl (C=O) groups is 3. The van der Waals surface area contributed by atoms with Crippen LogP contribution in [0.25, 0.3) is 11.3 Å². The molecule has 3 aromatic rings. The number of rotatable bonds is 5. The van der Waals surface area contributed by atoms with Crippen molar-refractivity contribution in [2.75, 3.05) is 20.2 Å². The smallest absolute Gasteiger partial charge is 0.412 e. The molecule has 1 aliphatic heterocycles. The fraction of sp³-hybridized carbons (Fsp3) is 0.370. The van der Waals surface area contributed by atoms with E-state index in [0.717, 1.165) is 28.2 Å². The number of nitrogens with one attached hydrogen (secondary N) is 1. The van der Waals surface area contributed by atoms with Crippen LogP contribution >= 0.6 is 0 Å². The molecule has 3 amide bonds. The number of aryl methyl sites for hydroxylation is 2. The lowest BCUT2D eigenvalue weighted by atomic mass is 9.94. The minimum Gasteiger partial charge on any atom is -0.491 e. The summed E-state index contributed by atoms with van der Waals surface area (Å²) in [5.41, 5.74) is 1.36. The standard InChI is InChI=1S/C27H26F4N6O4/c1-35(13-24(39)37-12-17-7-19(28)3-4-22(17)41-14-23(37)27(29,30)31)25(40)34-26(15-38)6-5-16-8-21(32-10-20(16)26)18-9-33-36(2)11-18/h3-4,7-11,15,23H,5-6,12-14H2,1-2H3,(H,34,40)/t23-,26+/m0/s1. The lowest BCUT2D eigenvalue weighted by Gasteiger charge is -2.33. The molecule has 0 fully saturated rings. The van der Waals surface area contributed by atoms with E-state index < -0.39 is 55.2 Å². The van der Waals surface area contributed by atoms with Crippen LogP contribution in [0.4, 0.5) is 22.4 Å². The van der Waals surface area contributed by atoms with Crippen molar-refractivity contribution in [1.29, 1.82) is 0 Å². The van der Waals surface area contributed by atoms with Crippen LogP contribution < -0.4 is 10.1 Å². The van der Waals surface area contributed by atoms with Gasteiger partial charge in [-0.25, -0.2) is 9.18 Å². The minimum atomic E-state index is -4.84. The highest BCUT2D eigenvalue weighted by Crippen LogP contribution is 2.37. The van der Waals surface area contributed by atoms with Crippen LogP contribution in [0.15, 0.2) is 42.9 Å². The van der Waals surface area contributed by atoms with Gasteiger partial charge in [0.15, 0.2) is 6.04 Å². The molecule has 1 N–H and O–H groups in total. The monoisotopic (exact) mass is 574 g/mol. The summed E-state index contributed by atoms with van der Waals surface area (Å²) >= 11 is 0. The Morgan fingerprint density at radius 3 is 2.71 bits per heavy atom. The van der Waals surface area contributed by atoms with E-state index in [4.69, 9.17) is 4.74 Å². The number of urea groups is 1. The summed E-state index contributed by atoms with van der Waals surface area (Å²) in [4.78, 5) is 44.4. The van der Waals surface area contributed by atoms with E-state index in [1.54, 1.807) is 24.1 Å². The van der Waals surface area contributed by atoms with Gasteiger partial charge in [0.2, 0.25) is 5.91 Å². The number of likely N-dealkylation sites (N-methyl/N-ethyl adjacent to an activating group) is 1. The van der Waals surface area contributed by atoms with Crippen molar-refractivity contribution in [3.63, 3.8) is 0 Å². The Hall–Kier alpha value is -4.49. The number of alkyl halides is 3. The Morgan fingerprint density at radius 2 is 2.02 bits per heavy atom. The summed E-state index contributed by atoms with van der Waals surface area (Å²) < 4.78 is 62.3. The van der Waals surface area contributed by atoms with Gasteiger partial charge in [0.05, 0.1) is 18.4 Å². The lowest BCUT2D eigenvalue weighted by molar-refractivity contribution is -0.195. The molecule has 0 radical (unpaired) electrons. The zero-order valence-corrected chi connectivity index (χ0v) is 22.1. The molecule has 2 atom stereocenters. The normalized spacial score (nSPS) is 20.0. The molecule has 5 rings (SSSR count). The maximum absolute atomic E-state index is 13.9. The molecular weight excluding hydrogens is 548 g/mol. The maximum atomic E-state index is 13.9. The number of benzene rings is 1. The predicted molar refractivity (Wildman–Crippen MR) is 136 cm³/mol. The Kier molecular flexibility index (Phi) is 7.17. The SMILES string of the molecule is CN(CC(=O)N1Cc2cc(F)ccc2OC[C@H]1C(F)(F)F)C(=O)N[C@@]1(C=O)CCc2cc(-c3cnn(C)c3)ncc21. The highest BCUT2D eigenvalue weighted by molar-refractivity contribution is 5.87. The quantitative estimate of drug-likeness (QED) is 0.371. The largest absolute Gasteiger partial charge is 0.491 e. The van der Waals surface area contributed by atoms with Crippen molar-refractivity contribution >= 4 is 18.2 Å². The number of hydrogen-bond donors (Lipinski definition) is 1. The van der Waals surface area contributed by atoms with Gasteiger partial charge in [-0.2, -0.15) is 18.3 Å². The summed E-state index contributed by atoms with van der Waals surface area (Å²) in [5.74, 6) is -1.68. The van der Waals surface area contributed by atoms with Crippen LogP contribution in [-0.2, 0) is 35.1 Å². The van der Waals surface area contributed by atoms with Gasteiger partial charge in [-0.3, -0.25) is 14.5 Å². The van der Waals surface area contributed by atoms with Gasteiger partial charge in [-0.15, -0.1) is 0 Å². The highest BCUT2D eigenvalue weighted by atomic mass is 19.4. The molecule has 0 bridgehead atoms. The average molecular weight is 575 g/mol. The molecule has 41 heavy (non-hydrogen) atoms. The third-order valence-corrected chi connectivity index (χ3v) is 7.34. The van der Waals surface area contributed by atoms with Gasteiger partial charge < -0.3 is 24.6 Å². The van der Waals surface area contributed by atoms with Crippen LogP contribution in [0.5, 0.6) is 5.75 Å². The fourth-order valence-electron chi connectivity index (χ4n) is 5.11. The van der Waals surface area contributed by atoms with Crippen molar-refractivity contribution in [2.45, 2.75) is 37.1 Å². The Morgan fingerprint density at radius 1 is 1.24 bits per heavy atom. The van der Waals surface area contributed by atoms with Crippen molar-refractivity contribution in [2.24, 2.45) is 7.05 Å². The minimum absolute atomic E-state index is 0.0372. The second kappa shape index (κ2) is 10.5. The molecule has 3 heterocycles. The number of carbonyl (C=O) groups excluding carboxylic acids is 3. The van der Waals surface area contributed by atoms with E-state index in [1.165, 1.54) is 19.3 Å². The molecule has 0 spiro atoms. The van der Waals surface area contributed by atoms with Crippen LogP contribution in [0, 0.1) is 5.82 Å². The number of hydrogen-bond acceptors (Lipinski definition) is 6. The number of fused-ring (bicyclic) bond motifs is 2. The summed E-state index contributed by atoms with van der Waals surface area (Å²) in [6.07, 6.45) is 1.40. The summed E-state index contributed by atoms with van der Waals surface area (Å²) in [6.45, 7) is -2.19. The third-order valence-electron chi connectivity index (χ3n) is 7.34. The van der Waals surface area contributed by atoms with E-state index >= 15 is 0 Å². The third kappa shape index (κ3) is 5.45. The van der Waals surface area contributed by atoms with Crippen molar-refractivity contribution < 1.29 is 36.7 Å². The van der Waals surface area contributed by atoms with E-state index in [9.17, 15) is 31.9 Å². The van der Waals surface area contributed by atoms with Gasteiger partial charge in [0, 0.05) is 43.2 Å². The summed E-state index contributed by atoms with van der Waals surface area (Å²) in [6, 6.07) is 1.93. The zero-order chi connectivity index (χ0) is 29.5. The molecule has 0 saturated carbocycles. The molecule has 216 valence electrons. The molecule has 1 aliphatic carbocycles. The fourth-order valence-corrected chi connectivity index (χ4v) is 5.11. The number of amides is 3. The molecule has 10 nitrogen and oxygen atoms in total. The number of aromatic nitrogens is 3. The number of aldehydes is 1. The first-order chi connectivity index (χ1) is 19.4. The number of nitrogens with zero attached hydrogens (tertiary/aromatic N) is 5. The maximum Gasteiger partial charge on any atom is 0.412 e. The van der Waals surface area contributed by atoms with Gasteiger partial charge in [0.25, 0.3) is 0 Å². The molecule has 0 unspecified atom stereocenters. The average Bonchev–Trinajstić information content (AvgIpc) is 3.45. The molecule has 0 saturated heterocycles. The first-order valence-corrected chi connectivity index (χ1v) is 12.7. The van der Waals surface area contributed by atoms with Gasteiger partial charge in [-0.1, -0.05) is 0 Å². The predicted octanol–water partition coefficient (Wildman–Crippen LogP) is 2.96. The van der Waals surface area contributed by atoms with E-state index in [-0.39, 0.29) is 17.7 Å². The van der Waals surface area contributed by atoms with Crippen LogP contribution in [0.3, 0.4) is 0 Å². The van der Waals surface area contributed by atoms with Gasteiger partial charge >= 0.3 is 12.2 Å². The topological polar surface area (TPSA) is 110 Å². The van der Waals surface area contributed by atoms with E-state index in [0.29, 0.717) is 28.9 Å². The Balaban J connectivity index is 1.32. The molecule has 2 aromatic heterocycles. The second-order valence-corrected chi connectivity index (χ2v) is 10.1. The molecule has 1 aromatic carbocycles. The molecule has 14 heteroatoms. The van der Waals surface area contributed by atoms with Crippen LogP contribution in [-0.4, -0.2) is 75.2 Å². The molecular formula is C27H26F4N6O4. The summed E-state index contributed by atoms with van der Waals surface area (Å²) in [7, 11) is 3.00. The second-order valence-electron chi connectivity index (χ2n) is 10.1. The van der Waals surface area contributed by atoms with Gasteiger partial charge in [-0.05, 0) is 42.7 Å². The highest BCUT2D eigenvalue weighted by Gasteiger charge is 2.48. The first kappa shape index (κ1) is 28.1. The van der Waals surface area contributed by atoms with Crippen molar-refractivity contribution in [3.05, 3.63) is 65.4 Å². The van der Waals surface area contributed by atoms with Crippen LogP contribution in [0.2, 0.25) is 0 Å². The Labute approximate surface area is 231 Å². The number of ether oxygens (including phenoxy) is 1. The number of halogens is 4. The van der Waals surface area contributed by atoms with Gasteiger partial charge in [0.1, 0.15) is 36.5 Å². The molecule has 2 aliphatic rings. The number of pyridine rings is 1. The lowest BCUT2D eigenvalue weighted by Crippen LogP contribution is -2.55. The zero-order valence-electron chi connectivity index (χ0n) is 22.1. The summed E-state index contributed by atoms with van der Waals surface area (Å²) in [5, 5.41) is 6.77. The van der Waals surface area contributed by atoms with Crippen LogP contribution in [0.1, 0.15) is 23.1 Å². The van der Waals surface area contributed by atoms with E-state index in [2.05, 4.69) is 15.4 Å². The van der Waals surface area contributed by atoms with Crippen molar-refractivity contribution in [1.82, 2.24) is 29.9 Å².